The van der Waals surface area contributed by atoms with Gasteiger partial charge < -0.3 is 33.2 Å². The van der Waals surface area contributed by atoms with E-state index < -0.39 is 42.7 Å². The zero-order valence-electron chi connectivity index (χ0n) is 33.9. The molecule has 2 fully saturated rings. The Labute approximate surface area is 355 Å². The summed E-state index contributed by atoms with van der Waals surface area (Å²) in [5.74, 6) is 0. The number of rotatable bonds is 14. The van der Waals surface area contributed by atoms with Gasteiger partial charge in [0.2, 0.25) is 0 Å². The van der Waals surface area contributed by atoms with Gasteiger partial charge in [-0.3, -0.25) is 0 Å². The van der Waals surface area contributed by atoms with Crippen LogP contribution >= 0.6 is 0 Å². The zero-order chi connectivity index (χ0) is 41.0. The number of aldehydes is 1. The molecule has 0 radical (unpaired) electrons. The Bertz CT molecular complexity index is 2780. The topological polar surface area (TPSA) is 72.5 Å². The van der Waals surface area contributed by atoms with Crippen molar-refractivity contribution in [1.82, 2.24) is 0 Å². The van der Waals surface area contributed by atoms with E-state index in [1.165, 1.54) is 10.8 Å². The van der Waals surface area contributed by atoms with Crippen molar-refractivity contribution in [3.8, 4) is 0 Å². The first-order valence-electron chi connectivity index (χ1n) is 21.2. The lowest BCUT2D eigenvalue weighted by atomic mass is 9.88. The van der Waals surface area contributed by atoms with E-state index in [4.69, 9.17) is 28.4 Å². The van der Waals surface area contributed by atoms with Crippen LogP contribution in [0.5, 0.6) is 0 Å². The number of ether oxygens (including phenoxy) is 6. The van der Waals surface area contributed by atoms with Crippen LogP contribution in [-0.4, -0.2) is 55.6 Å². The lowest BCUT2D eigenvalue weighted by Crippen LogP contribution is -2.65. The summed E-state index contributed by atoms with van der Waals surface area (Å²) in [6.07, 6.45) is -2.80. The van der Waals surface area contributed by atoms with Crippen molar-refractivity contribution in [2.24, 2.45) is 0 Å². The molecular weight excluding hydrogens is 761 g/mol. The van der Waals surface area contributed by atoms with Gasteiger partial charge in [-0.25, -0.2) is 0 Å². The molecule has 2 heterocycles. The fraction of sp³-hybridized carbons (Fsp3) is 0.241. The summed E-state index contributed by atoms with van der Waals surface area (Å²) in [6, 6.07) is 58.7. The van der Waals surface area contributed by atoms with E-state index in [9.17, 15) is 4.79 Å². The smallest absolute Gasteiger partial charge is 0.151 e. The number of fused-ring (bicyclic) bond motifs is 5. The molecule has 8 aromatic carbocycles. The summed E-state index contributed by atoms with van der Waals surface area (Å²) >= 11 is 0. The average molecular weight is 809 g/mol. The number of hydrogen-bond acceptors (Lipinski definition) is 7. The number of carbonyl (C=O) groups is 1. The average Bonchev–Trinajstić information content (AvgIpc) is 3.31. The molecule has 0 aliphatic carbocycles. The molecule has 2 aliphatic heterocycles. The molecule has 0 N–H and O–H groups in total. The van der Waals surface area contributed by atoms with E-state index >= 15 is 0 Å². The summed E-state index contributed by atoms with van der Waals surface area (Å²) < 4.78 is 40.6. The van der Waals surface area contributed by atoms with Crippen molar-refractivity contribution in [3.63, 3.8) is 0 Å². The molecule has 2 aliphatic rings. The summed E-state index contributed by atoms with van der Waals surface area (Å²) in [7, 11) is 0. The maximum absolute atomic E-state index is 12.8. The van der Waals surface area contributed by atoms with Crippen LogP contribution in [0, 0.1) is 0 Å². The third-order valence-electron chi connectivity index (χ3n) is 12.2. The van der Waals surface area contributed by atoms with Crippen LogP contribution in [0.15, 0.2) is 170 Å². The molecule has 0 amide bonds. The Morgan fingerprint density at radius 3 is 1.33 bits per heavy atom. The first-order chi connectivity index (χ1) is 30.1. The highest BCUT2D eigenvalue weighted by atomic mass is 16.6. The SMILES string of the molecule is O=C[C@@H]1O[C@H]2[C@H](OCc3ccc4ccccc4c3)[C@@H](OCc3ccc4ccccc4c3)[C@H](COCc3ccc4ccccc4c3)O[C@H]2C[C@H]1OCc1ccc2ccccc2c1. The van der Waals surface area contributed by atoms with Gasteiger partial charge in [-0.1, -0.05) is 146 Å². The Morgan fingerprint density at radius 2 is 0.869 bits per heavy atom. The first-order valence-corrected chi connectivity index (χ1v) is 21.2. The third-order valence-corrected chi connectivity index (χ3v) is 12.2. The Balaban J connectivity index is 0.938. The minimum Gasteiger partial charge on any atom is -0.374 e. The summed E-state index contributed by atoms with van der Waals surface area (Å²) in [5, 5.41) is 9.26. The monoisotopic (exact) mass is 808 g/mol. The molecule has 0 bridgehead atoms. The second kappa shape index (κ2) is 18.1. The molecule has 0 spiro atoms. The number of benzene rings is 8. The molecule has 8 aromatic rings. The zero-order valence-corrected chi connectivity index (χ0v) is 33.9. The molecule has 0 aromatic heterocycles. The van der Waals surface area contributed by atoms with Gasteiger partial charge in [-0.05, 0) is 89.6 Å². The van der Waals surface area contributed by atoms with Gasteiger partial charge in [0.05, 0.1) is 45.2 Å². The standard InChI is InChI=1S/C54H48O7/c55-30-50-48(57-32-37-18-22-41-10-2-6-14-45(41)26-37)29-49-53(61-50)54(59-34-39-20-24-43-12-4-8-16-47(43)28-39)52(58-33-38-19-23-42-11-3-7-15-46(42)27-38)51(60-49)35-56-31-36-17-21-40-9-1-5-13-44(40)25-36/h1-28,30,48-54H,29,31-35H2/t48-,49+,50+,51+,52+,53-,54-/m1/s1. The van der Waals surface area contributed by atoms with Crippen LogP contribution in [0.1, 0.15) is 28.7 Å². The molecule has 0 unspecified atom stereocenters. The minimum atomic E-state index is -0.820. The Hall–Kier alpha value is -5.77. The van der Waals surface area contributed by atoms with E-state index in [1.807, 2.05) is 42.5 Å². The molecule has 2 saturated heterocycles. The quantitative estimate of drug-likeness (QED) is 0.101. The second-order valence-electron chi connectivity index (χ2n) is 16.3. The van der Waals surface area contributed by atoms with Crippen molar-refractivity contribution < 1.29 is 33.2 Å². The van der Waals surface area contributed by atoms with Crippen LogP contribution in [0.2, 0.25) is 0 Å². The normalized spacial score (nSPS) is 22.7. The van der Waals surface area contributed by atoms with E-state index in [0.29, 0.717) is 32.8 Å². The molecule has 306 valence electrons. The Morgan fingerprint density at radius 1 is 0.459 bits per heavy atom. The largest absolute Gasteiger partial charge is 0.374 e. The summed E-state index contributed by atoms with van der Waals surface area (Å²) in [5.41, 5.74) is 4.15. The third kappa shape index (κ3) is 8.86. The van der Waals surface area contributed by atoms with Crippen molar-refractivity contribution >= 4 is 49.4 Å². The van der Waals surface area contributed by atoms with Gasteiger partial charge in [0.1, 0.15) is 30.5 Å². The fourth-order valence-electron chi connectivity index (χ4n) is 8.98. The van der Waals surface area contributed by atoms with Crippen molar-refractivity contribution in [2.45, 2.75) is 75.6 Å². The maximum atomic E-state index is 12.8. The molecular formula is C54H48O7. The number of carbonyl (C=O) groups excluding carboxylic acids is 1. The molecule has 7 heteroatoms. The molecule has 0 saturated carbocycles. The van der Waals surface area contributed by atoms with Gasteiger partial charge in [0.25, 0.3) is 0 Å². The van der Waals surface area contributed by atoms with Gasteiger partial charge in [0.15, 0.2) is 6.29 Å². The molecule has 7 nitrogen and oxygen atoms in total. The van der Waals surface area contributed by atoms with Gasteiger partial charge in [0, 0.05) is 6.42 Å². The van der Waals surface area contributed by atoms with Crippen molar-refractivity contribution in [1.29, 1.82) is 0 Å². The van der Waals surface area contributed by atoms with Crippen LogP contribution in [-0.2, 0) is 59.6 Å². The van der Waals surface area contributed by atoms with Crippen molar-refractivity contribution in [3.05, 3.63) is 192 Å². The molecule has 10 rings (SSSR count). The summed E-state index contributed by atoms with van der Waals surface area (Å²) in [6.45, 7) is 1.63. The van der Waals surface area contributed by atoms with Gasteiger partial charge in [-0.2, -0.15) is 0 Å². The minimum absolute atomic E-state index is 0.258. The molecule has 61 heavy (non-hydrogen) atoms. The van der Waals surface area contributed by atoms with Crippen molar-refractivity contribution in [2.75, 3.05) is 6.61 Å². The van der Waals surface area contributed by atoms with Gasteiger partial charge in [-0.15, -0.1) is 0 Å². The second-order valence-corrected chi connectivity index (χ2v) is 16.3. The van der Waals surface area contributed by atoms with Crippen LogP contribution < -0.4 is 0 Å². The maximum Gasteiger partial charge on any atom is 0.151 e. The van der Waals surface area contributed by atoms with E-state index in [1.54, 1.807) is 0 Å². The highest BCUT2D eigenvalue weighted by Crippen LogP contribution is 2.37. The van der Waals surface area contributed by atoms with E-state index in [0.717, 1.165) is 60.9 Å². The van der Waals surface area contributed by atoms with Crippen LogP contribution in [0.3, 0.4) is 0 Å². The predicted molar refractivity (Wildman–Crippen MR) is 239 cm³/mol. The highest BCUT2D eigenvalue weighted by molar-refractivity contribution is 5.85. The lowest BCUT2D eigenvalue weighted by molar-refractivity contribution is -0.302. The lowest BCUT2D eigenvalue weighted by Gasteiger charge is -2.50. The fourth-order valence-corrected chi connectivity index (χ4v) is 8.98. The Kier molecular flexibility index (Phi) is 11.7. The first kappa shape index (κ1) is 39.4. The van der Waals surface area contributed by atoms with Gasteiger partial charge >= 0.3 is 0 Å². The number of hydrogen-bond donors (Lipinski definition) is 0. The van der Waals surface area contributed by atoms with E-state index in [2.05, 4.69) is 127 Å². The van der Waals surface area contributed by atoms with Crippen LogP contribution in [0.25, 0.3) is 43.1 Å². The molecule has 7 atom stereocenters. The van der Waals surface area contributed by atoms with Crippen LogP contribution in [0.4, 0.5) is 0 Å². The predicted octanol–water partition coefficient (Wildman–Crippen LogP) is 10.7. The summed E-state index contributed by atoms with van der Waals surface area (Å²) in [4.78, 5) is 12.8. The highest BCUT2D eigenvalue weighted by Gasteiger charge is 2.53. The van der Waals surface area contributed by atoms with E-state index in [-0.39, 0.29) is 6.61 Å².